The smallest absolute Gasteiger partial charge is 0.273 e. The number of aromatic nitrogens is 4. The van der Waals surface area contributed by atoms with Gasteiger partial charge in [-0.15, -0.1) is 5.10 Å². The molecule has 1 fully saturated rings. The van der Waals surface area contributed by atoms with Gasteiger partial charge in [-0.25, -0.2) is 9.67 Å². The number of anilines is 1. The van der Waals surface area contributed by atoms with Crippen LogP contribution in [0.25, 0.3) is 0 Å². The first-order valence-electron chi connectivity index (χ1n) is 8.13. The molecule has 3 heterocycles. The van der Waals surface area contributed by atoms with Gasteiger partial charge in [0.2, 0.25) is 0 Å². The summed E-state index contributed by atoms with van der Waals surface area (Å²) in [7, 11) is 0. The zero-order valence-electron chi connectivity index (χ0n) is 13.7. The Hall–Kier alpha value is -2.99. The average molecular weight is 341 g/mol. The Morgan fingerprint density at radius 1 is 1.48 bits per heavy atom. The molecule has 9 heteroatoms. The summed E-state index contributed by atoms with van der Waals surface area (Å²) in [6.07, 6.45) is 5.11. The zero-order valence-corrected chi connectivity index (χ0v) is 13.7. The second-order valence-electron chi connectivity index (χ2n) is 5.82. The van der Waals surface area contributed by atoms with E-state index in [1.807, 2.05) is 6.07 Å². The molecule has 0 bridgehead atoms. The van der Waals surface area contributed by atoms with E-state index in [2.05, 4.69) is 31.6 Å². The average Bonchev–Trinajstić information content (AvgIpc) is 3.16. The van der Waals surface area contributed by atoms with Gasteiger partial charge in [-0.3, -0.25) is 4.79 Å². The van der Waals surface area contributed by atoms with Gasteiger partial charge in [-0.2, -0.15) is 5.26 Å². The number of hydrogen-bond donors (Lipinski definition) is 2. The molecule has 0 radical (unpaired) electrons. The number of carbonyl (C=O) groups excluding carboxylic acids is 1. The molecule has 3 rings (SSSR count). The largest absolute Gasteiger partial charge is 0.395 e. The summed E-state index contributed by atoms with van der Waals surface area (Å²) in [5.74, 6) is 0.478. The normalized spacial score (nSPS) is 17.1. The Labute approximate surface area is 144 Å². The molecule has 0 aliphatic carbocycles. The van der Waals surface area contributed by atoms with Gasteiger partial charge >= 0.3 is 0 Å². The lowest BCUT2D eigenvalue weighted by molar-refractivity contribution is 0.0939. The number of pyridine rings is 1. The molecule has 2 aromatic heterocycles. The third-order valence-electron chi connectivity index (χ3n) is 4.11. The number of piperidine rings is 1. The van der Waals surface area contributed by atoms with Crippen molar-refractivity contribution in [2.75, 3.05) is 31.1 Å². The van der Waals surface area contributed by atoms with E-state index < -0.39 is 0 Å². The van der Waals surface area contributed by atoms with Crippen LogP contribution < -0.4 is 10.2 Å². The second kappa shape index (κ2) is 7.72. The van der Waals surface area contributed by atoms with Crippen LogP contribution in [0, 0.1) is 11.3 Å². The van der Waals surface area contributed by atoms with E-state index in [0.717, 1.165) is 25.2 Å². The van der Waals surface area contributed by atoms with Crippen molar-refractivity contribution in [2.45, 2.75) is 18.9 Å². The summed E-state index contributed by atoms with van der Waals surface area (Å²) in [6, 6.07) is 5.76. The summed E-state index contributed by atoms with van der Waals surface area (Å²) in [5, 5.41) is 28.2. The highest BCUT2D eigenvalue weighted by Crippen LogP contribution is 2.24. The number of aliphatic hydroxyl groups is 1. The fourth-order valence-electron chi connectivity index (χ4n) is 2.84. The topological polar surface area (TPSA) is 120 Å². The lowest BCUT2D eigenvalue weighted by Gasteiger charge is -2.33. The third kappa shape index (κ3) is 3.92. The number of amides is 1. The molecule has 0 unspecified atom stereocenters. The Kier molecular flexibility index (Phi) is 5.20. The van der Waals surface area contributed by atoms with Crippen molar-refractivity contribution >= 4 is 11.7 Å². The highest BCUT2D eigenvalue weighted by molar-refractivity contribution is 5.91. The molecule has 1 saturated heterocycles. The maximum Gasteiger partial charge on any atom is 0.273 e. The minimum Gasteiger partial charge on any atom is -0.395 e. The minimum atomic E-state index is -0.346. The highest BCUT2D eigenvalue weighted by Gasteiger charge is 2.24. The Morgan fingerprint density at radius 3 is 3.08 bits per heavy atom. The summed E-state index contributed by atoms with van der Waals surface area (Å²) in [5.41, 5.74) is 0.772. The van der Waals surface area contributed by atoms with Crippen molar-refractivity contribution in [1.82, 2.24) is 25.3 Å². The summed E-state index contributed by atoms with van der Waals surface area (Å²) in [6.45, 7) is 1.66. The first-order valence-corrected chi connectivity index (χ1v) is 8.13. The number of aliphatic hydroxyl groups excluding tert-OH is 1. The molecule has 1 aliphatic heterocycles. The lowest BCUT2D eigenvalue weighted by Crippen LogP contribution is -2.37. The first-order chi connectivity index (χ1) is 12.2. The second-order valence-corrected chi connectivity index (χ2v) is 5.82. The highest BCUT2D eigenvalue weighted by atomic mass is 16.3. The van der Waals surface area contributed by atoms with E-state index in [1.165, 1.54) is 0 Å². The van der Waals surface area contributed by atoms with E-state index in [4.69, 9.17) is 10.4 Å². The van der Waals surface area contributed by atoms with Gasteiger partial charge in [0.15, 0.2) is 5.69 Å². The standard InChI is InChI=1S/C16H19N7O2/c17-8-12-3-4-15(19-9-12)22-6-1-2-13(10-22)23-11-14(20-21-23)16(25)18-5-7-24/h3-4,9,11,13,24H,1-2,5-7,10H2,(H,18,25)/t13-/m0/s1. The Balaban J connectivity index is 1.68. The fourth-order valence-corrected chi connectivity index (χ4v) is 2.84. The number of nitrogens with one attached hydrogen (secondary N) is 1. The van der Waals surface area contributed by atoms with Crippen molar-refractivity contribution in [2.24, 2.45) is 0 Å². The van der Waals surface area contributed by atoms with Crippen molar-refractivity contribution in [3.63, 3.8) is 0 Å². The van der Waals surface area contributed by atoms with Gasteiger partial charge in [-0.05, 0) is 25.0 Å². The van der Waals surface area contributed by atoms with E-state index in [1.54, 1.807) is 23.1 Å². The van der Waals surface area contributed by atoms with Crippen LogP contribution in [0.15, 0.2) is 24.5 Å². The lowest BCUT2D eigenvalue weighted by atomic mass is 10.1. The van der Waals surface area contributed by atoms with E-state index >= 15 is 0 Å². The van der Waals surface area contributed by atoms with Crippen LogP contribution in [-0.2, 0) is 0 Å². The Bertz CT molecular complexity index is 766. The van der Waals surface area contributed by atoms with Gasteiger partial charge < -0.3 is 15.3 Å². The zero-order chi connectivity index (χ0) is 17.6. The molecule has 130 valence electrons. The number of nitriles is 1. The summed E-state index contributed by atoms with van der Waals surface area (Å²) < 4.78 is 1.71. The van der Waals surface area contributed by atoms with Crippen molar-refractivity contribution in [1.29, 1.82) is 5.26 Å². The third-order valence-corrected chi connectivity index (χ3v) is 4.11. The van der Waals surface area contributed by atoms with Crippen LogP contribution >= 0.6 is 0 Å². The molecule has 2 N–H and O–H groups in total. The minimum absolute atomic E-state index is 0.0954. The SMILES string of the molecule is N#Cc1ccc(N2CCC[C@H](n3cc(C(=O)NCCO)nn3)C2)nc1. The maximum atomic E-state index is 11.9. The van der Waals surface area contributed by atoms with Gasteiger partial charge in [0.25, 0.3) is 5.91 Å². The Morgan fingerprint density at radius 2 is 2.36 bits per heavy atom. The van der Waals surface area contributed by atoms with Gasteiger partial charge in [0.1, 0.15) is 11.9 Å². The predicted molar refractivity (Wildman–Crippen MR) is 88.9 cm³/mol. The maximum absolute atomic E-state index is 11.9. The molecule has 25 heavy (non-hydrogen) atoms. The van der Waals surface area contributed by atoms with Gasteiger partial charge in [0.05, 0.1) is 24.4 Å². The molecule has 1 amide bonds. The number of rotatable bonds is 5. The predicted octanol–water partition coefficient (Wildman–Crippen LogP) is 0.108. The molecule has 0 saturated carbocycles. The molecule has 1 atom stereocenters. The fraction of sp³-hybridized carbons (Fsp3) is 0.438. The summed E-state index contributed by atoms with van der Waals surface area (Å²) in [4.78, 5) is 18.3. The van der Waals surface area contributed by atoms with Crippen LogP contribution in [0.5, 0.6) is 0 Å². The molecular weight excluding hydrogens is 322 g/mol. The molecule has 0 spiro atoms. The monoisotopic (exact) mass is 341 g/mol. The molecular formula is C16H19N7O2. The van der Waals surface area contributed by atoms with Crippen LogP contribution in [0.2, 0.25) is 0 Å². The van der Waals surface area contributed by atoms with Gasteiger partial charge in [-0.1, -0.05) is 5.21 Å². The van der Waals surface area contributed by atoms with Crippen LogP contribution in [0.4, 0.5) is 5.82 Å². The quantitative estimate of drug-likeness (QED) is 0.792. The van der Waals surface area contributed by atoms with E-state index in [0.29, 0.717) is 12.1 Å². The van der Waals surface area contributed by atoms with E-state index in [9.17, 15) is 4.79 Å². The van der Waals surface area contributed by atoms with Crippen molar-refractivity contribution < 1.29 is 9.90 Å². The summed E-state index contributed by atoms with van der Waals surface area (Å²) >= 11 is 0. The number of carbonyl (C=O) groups is 1. The molecule has 0 aromatic carbocycles. The van der Waals surface area contributed by atoms with Gasteiger partial charge in [0, 0.05) is 25.8 Å². The van der Waals surface area contributed by atoms with Crippen molar-refractivity contribution in [3.8, 4) is 6.07 Å². The number of nitrogens with zero attached hydrogens (tertiary/aromatic N) is 6. The molecule has 1 aliphatic rings. The first kappa shape index (κ1) is 16.9. The molecule has 2 aromatic rings. The van der Waals surface area contributed by atoms with E-state index in [-0.39, 0.29) is 30.8 Å². The van der Waals surface area contributed by atoms with Crippen LogP contribution in [-0.4, -0.2) is 57.2 Å². The number of hydrogen-bond acceptors (Lipinski definition) is 7. The molecule has 9 nitrogen and oxygen atoms in total. The van der Waals surface area contributed by atoms with Crippen LogP contribution in [0.1, 0.15) is 34.9 Å². The van der Waals surface area contributed by atoms with Crippen molar-refractivity contribution in [3.05, 3.63) is 35.8 Å². The van der Waals surface area contributed by atoms with Crippen LogP contribution in [0.3, 0.4) is 0 Å².